The van der Waals surface area contributed by atoms with E-state index in [4.69, 9.17) is 4.74 Å². The van der Waals surface area contributed by atoms with Crippen LogP contribution in [-0.4, -0.2) is 37.5 Å². The average Bonchev–Trinajstić information content (AvgIpc) is 2.28. The predicted octanol–water partition coefficient (Wildman–Crippen LogP) is 2.00. The van der Waals surface area contributed by atoms with Gasteiger partial charge in [0.1, 0.15) is 6.29 Å². The highest BCUT2D eigenvalue weighted by molar-refractivity contribution is 5.65. The highest BCUT2D eigenvalue weighted by Crippen LogP contribution is 2.40. The zero-order chi connectivity index (χ0) is 12.5. The van der Waals surface area contributed by atoms with Gasteiger partial charge in [-0.3, -0.25) is 0 Å². The van der Waals surface area contributed by atoms with Crippen molar-refractivity contribution in [2.45, 2.75) is 20.3 Å². The molecule has 0 aromatic rings. The zero-order valence-electron chi connectivity index (χ0n) is 10.7. The Kier molecular flexibility index (Phi) is 3.38. The summed E-state index contributed by atoms with van der Waals surface area (Å²) in [6.07, 6.45) is 4.16. The Morgan fingerprint density at radius 2 is 2.12 bits per heavy atom. The van der Waals surface area contributed by atoms with Gasteiger partial charge in [-0.15, -0.1) is 0 Å². The molecule has 0 bridgehead atoms. The van der Waals surface area contributed by atoms with Gasteiger partial charge >= 0.3 is 0 Å². The van der Waals surface area contributed by atoms with E-state index in [1.807, 2.05) is 0 Å². The molecule has 2 rings (SSSR count). The van der Waals surface area contributed by atoms with Crippen molar-refractivity contribution in [1.82, 2.24) is 4.90 Å². The zero-order valence-corrected chi connectivity index (χ0v) is 10.7. The number of rotatable bonds is 2. The molecule has 94 valence electrons. The Hall–Kier alpha value is -1.09. The molecule has 1 fully saturated rings. The van der Waals surface area contributed by atoms with Crippen molar-refractivity contribution in [3.8, 4) is 0 Å². The van der Waals surface area contributed by atoms with Crippen molar-refractivity contribution in [2.24, 2.45) is 11.3 Å². The molecule has 1 unspecified atom stereocenters. The average molecular weight is 235 g/mol. The highest BCUT2D eigenvalue weighted by Gasteiger charge is 2.33. The molecule has 1 atom stereocenters. The molecule has 0 spiro atoms. The predicted molar refractivity (Wildman–Crippen MR) is 67.6 cm³/mol. The van der Waals surface area contributed by atoms with Crippen LogP contribution in [0, 0.1) is 11.3 Å². The maximum atomic E-state index is 11.3. The van der Waals surface area contributed by atoms with Crippen LogP contribution in [0.4, 0.5) is 0 Å². The first-order valence-corrected chi connectivity index (χ1v) is 6.22. The number of hydrogen-bond acceptors (Lipinski definition) is 3. The summed E-state index contributed by atoms with van der Waals surface area (Å²) >= 11 is 0. The largest absolute Gasteiger partial charge is 0.378 e. The SMILES string of the molecule is C=C1CC(C)(C)C=C(N2CCOCC2)C1C=O. The molecule has 0 saturated carbocycles. The molecule has 0 aromatic heterocycles. The van der Waals surface area contributed by atoms with Crippen molar-refractivity contribution < 1.29 is 9.53 Å². The quantitative estimate of drug-likeness (QED) is 0.541. The van der Waals surface area contributed by atoms with Crippen LogP contribution >= 0.6 is 0 Å². The van der Waals surface area contributed by atoms with Crippen molar-refractivity contribution in [3.05, 3.63) is 23.9 Å². The van der Waals surface area contributed by atoms with Crippen molar-refractivity contribution in [2.75, 3.05) is 26.3 Å². The van der Waals surface area contributed by atoms with Gasteiger partial charge in [-0.1, -0.05) is 32.1 Å². The minimum atomic E-state index is -0.124. The highest BCUT2D eigenvalue weighted by atomic mass is 16.5. The molecule has 1 saturated heterocycles. The Bertz CT molecular complexity index is 351. The third-order valence-electron chi connectivity index (χ3n) is 3.49. The Balaban J connectivity index is 2.28. The van der Waals surface area contributed by atoms with Crippen LogP contribution in [0.25, 0.3) is 0 Å². The van der Waals surface area contributed by atoms with E-state index < -0.39 is 0 Å². The van der Waals surface area contributed by atoms with E-state index >= 15 is 0 Å². The number of morpholine rings is 1. The first-order valence-electron chi connectivity index (χ1n) is 6.22. The molecule has 1 heterocycles. The van der Waals surface area contributed by atoms with Gasteiger partial charge in [0.15, 0.2) is 0 Å². The van der Waals surface area contributed by atoms with Crippen molar-refractivity contribution in [3.63, 3.8) is 0 Å². The van der Waals surface area contributed by atoms with Crippen molar-refractivity contribution in [1.29, 1.82) is 0 Å². The van der Waals surface area contributed by atoms with E-state index in [2.05, 4.69) is 31.4 Å². The monoisotopic (exact) mass is 235 g/mol. The number of hydrogen-bond donors (Lipinski definition) is 0. The molecule has 3 heteroatoms. The Morgan fingerprint density at radius 3 is 2.71 bits per heavy atom. The van der Waals surface area contributed by atoms with Gasteiger partial charge in [0.05, 0.1) is 19.1 Å². The first-order chi connectivity index (χ1) is 8.03. The molecule has 0 aromatic carbocycles. The van der Waals surface area contributed by atoms with Gasteiger partial charge in [-0.25, -0.2) is 0 Å². The number of nitrogens with zero attached hydrogens (tertiary/aromatic N) is 1. The van der Waals surface area contributed by atoms with Crippen LogP contribution in [0.1, 0.15) is 20.3 Å². The lowest BCUT2D eigenvalue weighted by Gasteiger charge is -2.40. The van der Waals surface area contributed by atoms with Crippen molar-refractivity contribution >= 4 is 6.29 Å². The van der Waals surface area contributed by atoms with Crippen LogP contribution in [0.3, 0.4) is 0 Å². The third kappa shape index (κ3) is 2.60. The van der Waals surface area contributed by atoms with E-state index in [1.165, 1.54) is 0 Å². The number of carbonyl (C=O) groups is 1. The fourth-order valence-electron chi connectivity index (χ4n) is 2.72. The molecular weight excluding hydrogens is 214 g/mol. The minimum Gasteiger partial charge on any atom is -0.378 e. The number of carbonyl (C=O) groups excluding carboxylic acids is 1. The molecule has 3 nitrogen and oxygen atoms in total. The molecule has 1 aliphatic heterocycles. The normalized spacial score (nSPS) is 28.8. The number of ether oxygens (including phenoxy) is 1. The van der Waals surface area contributed by atoms with Crippen LogP contribution < -0.4 is 0 Å². The van der Waals surface area contributed by atoms with Gasteiger partial charge in [0.2, 0.25) is 0 Å². The smallest absolute Gasteiger partial charge is 0.132 e. The van der Waals surface area contributed by atoms with Gasteiger partial charge in [0.25, 0.3) is 0 Å². The summed E-state index contributed by atoms with van der Waals surface area (Å²) in [7, 11) is 0. The Morgan fingerprint density at radius 1 is 1.47 bits per heavy atom. The van der Waals surface area contributed by atoms with E-state index in [0.717, 1.165) is 50.3 Å². The number of allylic oxidation sites excluding steroid dienone is 2. The van der Waals surface area contributed by atoms with Gasteiger partial charge in [0, 0.05) is 18.8 Å². The molecule has 0 amide bonds. The van der Waals surface area contributed by atoms with Gasteiger partial charge in [-0.2, -0.15) is 0 Å². The first kappa shape index (κ1) is 12.4. The Labute approximate surface area is 103 Å². The molecule has 2 aliphatic rings. The molecule has 17 heavy (non-hydrogen) atoms. The second-order valence-corrected chi connectivity index (χ2v) is 5.61. The number of aldehydes is 1. The molecular formula is C14H21NO2. The van der Waals surface area contributed by atoms with Gasteiger partial charge in [-0.05, 0) is 11.8 Å². The second kappa shape index (κ2) is 4.65. The van der Waals surface area contributed by atoms with Crippen LogP contribution in [0.15, 0.2) is 23.9 Å². The lowest BCUT2D eigenvalue weighted by atomic mass is 9.74. The fourth-order valence-corrected chi connectivity index (χ4v) is 2.72. The summed E-state index contributed by atoms with van der Waals surface area (Å²) in [5, 5.41) is 0. The summed E-state index contributed by atoms with van der Waals surface area (Å²) in [4.78, 5) is 13.5. The maximum absolute atomic E-state index is 11.3. The van der Waals surface area contributed by atoms with Gasteiger partial charge < -0.3 is 14.4 Å². The van der Waals surface area contributed by atoms with E-state index in [-0.39, 0.29) is 11.3 Å². The fraction of sp³-hybridized carbons (Fsp3) is 0.643. The lowest BCUT2D eigenvalue weighted by molar-refractivity contribution is -0.110. The summed E-state index contributed by atoms with van der Waals surface area (Å²) in [6.45, 7) is 11.7. The summed E-state index contributed by atoms with van der Waals surface area (Å²) in [5.74, 6) is -0.124. The molecule has 0 N–H and O–H groups in total. The summed E-state index contributed by atoms with van der Waals surface area (Å²) in [6, 6.07) is 0. The molecule has 0 radical (unpaired) electrons. The maximum Gasteiger partial charge on any atom is 0.132 e. The van der Waals surface area contributed by atoms with E-state index in [9.17, 15) is 4.79 Å². The summed E-state index contributed by atoms with van der Waals surface area (Å²) < 4.78 is 5.36. The molecule has 1 aliphatic carbocycles. The van der Waals surface area contributed by atoms with E-state index in [1.54, 1.807) is 0 Å². The lowest BCUT2D eigenvalue weighted by Crippen LogP contribution is -2.40. The third-order valence-corrected chi connectivity index (χ3v) is 3.49. The van der Waals surface area contributed by atoms with Crippen LogP contribution in [0.5, 0.6) is 0 Å². The topological polar surface area (TPSA) is 29.5 Å². The van der Waals surface area contributed by atoms with E-state index in [0.29, 0.717) is 0 Å². The van der Waals surface area contributed by atoms with Crippen LogP contribution in [-0.2, 0) is 9.53 Å². The second-order valence-electron chi connectivity index (χ2n) is 5.61. The standard InChI is InChI=1S/C14H21NO2/c1-11-8-14(2,3)9-13(12(11)10-16)15-4-6-17-7-5-15/h9-10,12H,1,4-8H2,2-3H3. The van der Waals surface area contributed by atoms with Crippen LogP contribution in [0.2, 0.25) is 0 Å². The minimum absolute atomic E-state index is 0.101. The summed E-state index contributed by atoms with van der Waals surface area (Å²) in [5.41, 5.74) is 2.27.